The van der Waals surface area contributed by atoms with Crippen LogP contribution in [0.1, 0.15) is 60.3 Å². The minimum Gasteiger partial charge on any atom is -0.444 e. The lowest BCUT2D eigenvalue weighted by Crippen LogP contribution is -2.42. The number of carbonyl (C=O) groups is 1. The molecule has 2 atom stereocenters. The van der Waals surface area contributed by atoms with Gasteiger partial charge in [-0.2, -0.15) is 0 Å². The predicted molar refractivity (Wildman–Crippen MR) is 87.5 cm³/mol. The third-order valence-corrected chi connectivity index (χ3v) is 3.67. The Labute approximate surface area is 129 Å². The van der Waals surface area contributed by atoms with Gasteiger partial charge in [0.1, 0.15) is 5.60 Å². The van der Waals surface area contributed by atoms with Gasteiger partial charge >= 0.3 is 6.09 Å². The SMILES string of the molecule is C/C=C/CCNC(C)CC1CCCN1C(=O)OC(C)(C)C. The standard InChI is InChI=1S/C17H32N2O2/c1-6-7-8-11-18-14(2)13-15-10-9-12-19(15)16(20)21-17(3,4)5/h6-7,14-15,18H,8-13H2,1-5H3/b7-6+. The number of likely N-dealkylation sites (tertiary alicyclic amines) is 1. The number of carbonyl (C=O) groups excluding carboxylic acids is 1. The summed E-state index contributed by atoms with van der Waals surface area (Å²) in [5, 5.41) is 3.52. The molecule has 1 saturated heterocycles. The van der Waals surface area contributed by atoms with Crippen LogP contribution in [0.3, 0.4) is 0 Å². The van der Waals surface area contributed by atoms with Crippen molar-refractivity contribution in [3.05, 3.63) is 12.2 Å². The summed E-state index contributed by atoms with van der Waals surface area (Å²) in [5.74, 6) is 0. The van der Waals surface area contributed by atoms with Crippen molar-refractivity contribution in [1.29, 1.82) is 0 Å². The van der Waals surface area contributed by atoms with Gasteiger partial charge in [-0.25, -0.2) is 4.79 Å². The molecule has 1 fully saturated rings. The number of hydrogen-bond donors (Lipinski definition) is 1. The fourth-order valence-electron chi connectivity index (χ4n) is 2.71. The van der Waals surface area contributed by atoms with Gasteiger partial charge < -0.3 is 15.0 Å². The second-order valence-electron chi connectivity index (χ2n) is 6.92. The molecule has 1 amide bonds. The molecule has 1 aliphatic rings. The highest BCUT2D eigenvalue weighted by Gasteiger charge is 2.32. The fraction of sp³-hybridized carbons (Fsp3) is 0.824. The minimum absolute atomic E-state index is 0.161. The first kappa shape index (κ1) is 18.0. The Kier molecular flexibility index (Phi) is 7.23. The van der Waals surface area contributed by atoms with Crippen molar-refractivity contribution >= 4 is 6.09 Å². The maximum absolute atomic E-state index is 12.2. The molecule has 0 spiro atoms. The van der Waals surface area contributed by atoms with Crippen molar-refractivity contribution in [3.63, 3.8) is 0 Å². The Balaban J connectivity index is 2.40. The molecule has 0 saturated carbocycles. The van der Waals surface area contributed by atoms with Gasteiger partial charge in [-0.15, -0.1) is 0 Å². The first-order chi connectivity index (χ1) is 9.83. The molecule has 0 aromatic carbocycles. The molecule has 0 bridgehead atoms. The number of nitrogens with zero attached hydrogens (tertiary/aromatic N) is 1. The van der Waals surface area contributed by atoms with Crippen LogP contribution in [-0.2, 0) is 4.74 Å². The first-order valence-corrected chi connectivity index (χ1v) is 8.17. The van der Waals surface area contributed by atoms with Crippen molar-refractivity contribution in [2.24, 2.45) is 0 Å². The Hall–Kier alpha value is -1.03. The first-order valence-electron chi connectivity index (χ1n) is 8.17. The average molecular weight is 296 g/mol. The molecule has 4 heteroatoms. The molecular weight excluding hydrogens is 264 g/mol. The number of ether oxygens (including phenoxy) is 1. The topological polar surface area (TPSA) is 41.6 Å². The van der Waals surface area contributed by atoms with Gasteiger partial charge in [0.05, 0.1) is 0 Å². The van der Waals surface area contributed by atoms with Crippen LogP contribution in [0.15, 0.2) is 12.2 Å². The summed E-state index contributed by atoms with van der Waals surface area (Å²) in [6, 6.07) is 0.729. The van der Waals surface area contributed by atoms with Gasteiger partial charge in [0.2, 0.25) is 0 Å². The van der Waals surface area contributed by atoms with Crippen LogP contribution in [0.4, 0.5) is 4.79 Å². The quantitative estimate of drug-likeness (QED) is 0.600. The molecule has 0 aliphatic carbocycles. The number of nitrogens with one attached hydrogen (secondary N) is 1. The second-order valence-corrected chi connectivity index (χ2v) is 6.92. The molecule has 1 N–H and O–H groups in total. The molecule has 2 unspecified atom stereocenters. The number of allylic oxidation sites excluding steroid dienone is 1. The average Bonchev–Trinajstić information content (AvgIpc) is 2.81. The van der Waals surface area contributed by atoms with Crippen LogP contribution in [0.25, 0.3) is 0 Å². The van der Waals surface area contributed by atoms with E-state index in [1.54, 1.807) is 0 Å². The van der Waals surface area contributed by atoms with Gasteiger partial charge in [0.25, 0.3) is 0 Å². The highest BCUT2D eigenvalue weighted by Crippen LogP contribution is 2.24. The third kappa shape index (κ3) is 6.98. The van der Waals surface area contributed by atoms with E-state index in [9.17, 15) is 4.79 Å². The molecule has 1 rings (SSSR count). The van der Waals surface area contributed by atoms with Gasteiger partial charge in [-0.3, -0.25) is 0 Å². The zero-order valence-corrected chi connectivity index (χ0v) is 14.3. The largest absolute Gasteiger partial charge is 0.444 e. The summed E-state index contributed by atoms with van der Waals surface area (Å²) in [7, 11) is 0. The van der Waals surface area contributed by atoms with Crippen LogP contribution < -0.4 is 5.32 Å². The molecule has 0 radical (unpaired) electrons. The van der Waals surface area contributed by atoms with Gasteiger partial charge in [-0.05, 0) is 66.8 Å². The summed E-state index contributed by atoms with van der Waals surface area (Å²) >= 11 is 0. The number of amides is 1. The predicted octanol–water partition coefficient (Wildman–Crippen LogP) is 3.72. The molecule has 21 heavy (non-hydrogen) atoms. The van der Waals surface area contributed by atoms with E-state index in [0.717, 1.165) is 38.8 Å². The molecular formula is C17H32N2O2. The van der Waals surface area contributed by atoms with E-state index in [0.29, 0.717) is 12.1 Å². The Morgan fingerprint density at radius 3 is 2.81 bits per heavy atom. The van der Waals surface area contributed by atoms with E-state index >= 15 is 0 Å². The molecule has 0 aromatic rings. The van der Waals surface area contributed by atoms with Crippen molar-refractivity contribution in [1.82, 2.24) is 10.2 Å². The van der Waals surface area contributed by atoms with Crippen molar-refractivity contribution in [2.75, 3.05) is 13.1 Å². The van der Waals surface area contributed by atoms with Crippen LogP contribution in [0, 0.1) is 0 Å². The Morgan fingerprint density at radius 1 is 1.48 bits per heavy atom. The number of hydrogen-bond acceptors (Lipinski definition) is 3. The van der Waals surface area contributed by atoms with Crippen molar-refractivity contribution in [3.8, 4) is 0 Å². The summed E-state index contributed by atoms with van der Waals surface area (Å²) in [6.07, 6.45) is 8.30. The minimum atomic E-state index is -0.416. The molecule has 0 aromatic heterocycles. The number of rotatable bonds is 6. The Bertz CT molecular complexity index is 347. The van der Waals surface area contributed by atoms with Crippen LogP contribution >= 0.6 is 0 Å². The summed E-state index contributed by atoms with van der Waals surface area (Å²) < 4.78 is 5.50. The normalized spacial score (nSPS) is 21.0. The second kappa shape index (κ2) is 8.42. The highest BCUT2D eigenvalue weighted by atomic mass is 16.6. The molecule has 122 valence electrons. The van der Waals surface area contributed by atoms with Crippen LogP contribution in [-0.4, -0.2) is 41.8 Å². The van der Waals surface area contributed by atoms with E-state index in [2.05, 4.69) is 24.4 Å². The van der Waals surface area contributed by atoms with E-state index in [4.69, 9.17) is 4.74 Å². The van der Waals surface area contributed by atoms with Crippen LogP contribution in [0.5, 0.6) is 0 Å². The van der Waals surface area contributed by atoms with Gasteiger partial charge in [0, 0.05) is 18.6 Å². The van der Waals surface area contributed by atoms with Crippen LogP contribution in [0.2, 0.25) is 0 Å². The summed E-state index contributed by atoms with van der Waals surface area (Å²) in [4.78, 5) is 14.1. The van der Waals surface area contributed by atoms with E-state index < -0.39 is 5.60 Å². The van der Waals surface area contributed by atoms with E-state index in [1.807, 2.05) is 32.6 Å². The molecule has 4 nitrogen and oxygen atoms in total. The lowest BCUT2D eigenvalue weighted by Gasteiger charge is -2.30. The van der Waals surface area contributed by atoms with Crippen molar-refractivity contribution < 1.29 is 9.53 Å². The monoisotopic (exact) mass is 296 g/mol. The van der Waals surface area contributed by atoms with Gasteiger partial charge in [-0.1, -0.05) is 12.2 Å². The zero-order chi connectivity index (χ0) is 15.9. The van der Waals surface area contributed by atoms with E-state index in [-0.39, 0.29) is 6.09 Å². The summed E-state index contributed by atoms with van der Waals surface area (Å²) in [5.41, 5.74) is -0.416. The lowest BCUT2D eigenvalue weighted by atomic mass is 10.1. The molecule has 1 aliphatic heterocycles. The maximum Gasteiger partial charge on any atom is 0.410 e. The summed E-state index contributed by atoms with van der Waals surface area (Å²) in [6.45, 7) is 11.8. The molecule has 1 heterocycles. The smallest absolute Gasteiger partial charge is 0.410 e. The Morgan fingerprint density at radius 2 is 2.19 bits per heavy atom. The van der Waals surface area contributed by atoms with Crippen molar-refractivity contribution in [2.45, 2.75) is 78.0 Å². The highest BCUT2D eigenvalue weighted by molar-refractivity contribution is 5.68. The zero-order valence-electron chi connectivity index (χ0n) is 14.3. The third-order valence-electron chi connectivity index (χ3n) is 3.67. The lowest BCUT2D eigenvalue weighted by molar-refractivity contribution is 0.0215. The van der Waals surface area contributed by atoms with E-state index in [1.165, 1.54) is 0 Å². The van der Waals surface area contributed by atoms with Gasteiger partial charge in [0.15, 0.2) is 0 Å². The fourth-order valence-corrected chi connectivity index (χ4v) is 2.71. The maximum atomic E-state index is 12.2.